The number of hydrogen-bond donors (Lipinski definition) is 0. The maximum atomic E-state index is 5.26. The molecule has 0 radical (unpaired) electrons. The Morgan fingerprint density at radius 1 is 0.370 bits per heavy atom. The zero-order chi connectivity index (χ0) is 30.2. The van der Waals surface area contributed by atoms with Crippen LogP contribution in [0.5, 0.6) is 0 Å². The maximum Gasteiger partial charge on any atom is 0.0715 e. The van der Waals surface area contributed by atoms with Gasteiger partial charge in [0, 0.05) is 51.3 Å². The number of nitrogens with zero attached hydrogens (tertiary/aromatic N) is 1. The first-order valence-corrected chi connectivity index (χ1v) is 17.2. The molecule has 214 valence electrons. The molecule has 0 fully saturated rings. The van der Waals surface area contributed by atoms with Gasteiger partial charge in [-0.05, 0) is 81.6 Å². The van der Waals surface area contributed by atoms with Crippen molar-refractivity contribution in [2.75, 3.05) is 0 Å². The van der Waals surface area contributed by atoms with E-state index in [9.17, 15) is 0 Å². The van der Waals surface area contributed by atoms with E-state index in [1.807, 2.05) is 22.7 Å². The third-order valence-electron chi connectivity index (χ3n) is 9.22. The number of rotatable bonds is 3. The Hall–Kier alpha value is -5.35. The van der Waals surface area contributed by atoms with Crippen molar-refractivity contribution in [3.05, 3.63) is 152 Å². The number of pyridine rings is 1. The fraction of sp³-hybridized carbons (Fsp3) is 0. The number of hydrogen-bond acceptors (Lipinski definition) is 3. The summed E-state index contributed by atoms with van der Waals surface area (Å²) in [5, 5.41) is 8.87. The second-order valence-corrected chi connectivity index (χ2v) is 14.1. The number of aromatic nitrogens is 1. The van der Waals surface area contributed by atoms with Crippen molar-refractivity contribution in [3.8, 4) is 33.5 Å². The summed E-state index contributed by atoms with van der Waals surface area (Å²) >= 11 is 3.76. The van der Waals surface area contributed by atoms with Crippen molar-refractivity contribution in [3.63, 3.8) is 0 Å². The average molecular weight is 620 g/mol. The lowest BCUT2D eigenvalue weighted by atomic mass is 9.93. The molecule has 10 aromatic rings. The van der Waals surface area contributed by atoms with E-state index in [0.29, 0.717) is 0 Å². The van der Waals surface area contributed by atoms with Crippen molar-refractivity contribution in [2.45, 2.75) is 0 Å². The van der Waals surface area contributed by atoms with E-state index >= 15 is 0 Å². The van der Waals surface area contributed by atoms with Crippen LogP contribution < -0.4 is 0 Å². The Kier molecular flexibility index (Phi) is 5.68. The van der Waals surface area contributed by atoms with Crippen molar-refractivity contribution < 1.29 is 0 Å². The highest BCUT2D eigenvalue weighted by atomic mass is 32.1. The zero-order valence-corrected chi connectivity index (χ0v) is 26.3. The van der Waals surface area contributed by atoms with Gasteiger partial charge >= 0.3 is 0 Å². The van der Waals surface area contributed by atoms with Crippen LogP contribution in [0.2, 0.25) is 0 Å². The Morgan fingerprint density at radius 2 is 0.891 bits per heavy atom. The fourth-order valence-corrected chi connectivity index (χ4v) is 9.48. The Morgan fingerprint density at radius 3 is 1.52 bits per heavy atom. The molecule has 0 bridgehead atoms. The van der Waals surface area contributed by atoms with Gasteiger partial charge in [-0.25, -0.2) is 4.98 Å². The summed E-state index contributed by atoms with van der Waals surface area (Å²) in [6.07, 6.45) is 0. The van der Waals surface area contributed by atoms with Gasteiger partial charge in [-0.2, -0.15) is 0 Å². The molecule has 0 spiro atoms. The average Bonchev–Trinajstić information content (AvgIpc) is 3.69. The van der Waals surface area contributed by atoms with Gasteiger partial charge in [-0.1, -0.05) is 103 Å². The van der Waals surface area contributed by atoms with E-state index in [-0.39, 0.29) is 0 Å². The van der Waals surface area contributed by atoms with E-state index in [0.717, 1.165) is 22.2 Å². The number of thiophene rings is 2. The third-order valence-corrected chi connectivity index (χ3v) is 11.7. The lowest BCUT2D eigenvalue weighted by Gasteiger charge is -2.13. The highest BCUT2D eigenvalue weighted by Gasteiger charge is 2.16. The van der Waals surface area contributed by atoms with Gasteiger partial charge in [0.05, 0.1) is 11.2 Å². The number of benzene rings is 7. The summed E-state index contributed by atoms with van der Waals surface area (Å²) in [7, 11) is 0. The summed E-state index contributed by atoms with van der Waals surface area (Å²) < 4.78 is 5.29. The summed E-state index contributed by atoms with van der Waals surface area (Å²) in [5.74, 6) is 0. The van der Waals surface area contributed by atoms with E-state index in [1.54, 1.807) is 0 Å². The molecule has 0 aliphatic rings. The second-order valence-electron chi connectivity index (χ2n) is 11.9. The highest BCUT2D eigenvalue weighted by molar-refractivity contribution is 7.26. The van der Waals surface area contributed by atoms with Crippen molar-refractivity contribution in [2.24, 2.45) is 0 Å². The van der Waals surface area contributed by atoms with Crippen molar-refractivity contribution in [1.82, 2.24) is 4.98 Å². The molecular formula is C43H25NS2. The zero-order valence-electron chi connectivity index (χ0n) is 24.7. The van der Waals surface area contributed by atoms with Crippen LogP contribution in [0, 0.1) is 0 Å². The largest absolute Gasteiger partial charge is 0.248 e. The van der Waals surface area contributed by atoms with Crippen LogP contribution >= 0.6 is 22.7 Å². The second kappa shape index (κ2) is 10.1. The van der Waals surface area contributed by atoms with Crippen LogP contribution in [-0.4, -0.2) is 4.98 Å². The summed E-state index contributed by atoms with van der Waals surface area (Å²) in [4.78, 5) is 5.26. The molecule has 0 unspecified atom stereocenters. The van der Waals surface area contributed by atoms with E-state index in [1.165, 1.54) is 73.4 Å². The Balaban J connectivity index is 1.25. The monoisotopic (exact) mass is 619 g/mol. The smallest absolute Gasteiger partial charge is 0.0715 e. The molecule has 3 heterocycles. The molecule has 0 aliphatic carbocycles. The Bertz CT molecular complexity index is 2690. The van der Waals surface area contributed by atoms with Crippen LogP contribution in [0.1, 0.15) is 0 Å². The molecule has 0 saturated carbocycles. The first-order valence-electron chi connectivity index (χ1n) is 15.5. The highest BCUT2D eigenvalue weighted by Crippen LogP contribution is 2.44. The minimum atomic E-state index is 0.984. The number of fused-ring (bicyclic) bond motifs is 8. The summed E-state index contributed by atoms with van der Waals surface area (Å²) in [6, 6.07) is 55.4. The molecule has 0 amide bonds. The van der Waals surface area contributed by atoms with Gasteiger partial charge in [0.2, 0.25) is 0 Å². The van der Waals surface area contributed by atoms with Crippen molar-refractivity contribution in [1.29, 1.82) is 0 Å². The van der Waals surface area contributed by atoms with Gasteiger partial charge in [0.1, 0.15) is 0 Å². The molecule has 3 heteroatoms. The normalized spacial score (nSPS) is 11.9. The van der Waals surface area contributed by atoms with Gasteiger partial charge in [-0.3, -0.25) is 0 Å². The molecule has 0 saturated heterocycles. The fourth-order valence-electron chi connectivity index (χ4n) is 7.01. The first kappa shape index (κ1) is 25.9. The predicted molar refractivity (Wildman–Crippen MR) is 201 cm³/mol. The van der Waals surface area contributed by atoms with Gasteiger partial charge < -0.3 is 0 Å². The molecular weight excluding hydrogens is 595 g/mol. The quantitative estimate of drug-likeness (QED) is 0.179. The van der Waals surface area contributed by atoms with Crippen LogP contribution in [0.25, 0.3) is 95.5 Å². The standard InChI is InChI=1S/C43H25NS2/c1-2-10-27-25-39-28(21-26(27)9-1)19-20-38(44-39)31-23-29(32-13-7-15-36-34-11-3-5-17-40(34)45-42(32)36)22-30(24-31)33-14-8-16-37-35-12-4-6-18-41(35)46-43(33)37/h1-25H. The van der Waals surface area contributed by atoms with E-state index in [2.05, 4.69) is 152 Å². The summed E-state index contributed by atoms with van der Waals surface area (Å²) in [5.41, 5.74) is 8.07. The van der Waals surface area contributed by atoms with Crippen LogP contribution in [-0.2, 0) is 0 Å². The molecule has 46 heavy (non-hydrogen) atoms. The van der Waals surface area contributed by atoms with Crippen LogP contribution in [0.4, 0.5) is 0 Å². The lowest BCUT2D eigenvalue weighted by molar-refractivity contribution is 1.40. The maximum absolute atomic E-state index is 5.26. The van der Waals surface area contributed by atoms with E-state index in [4.69, 9.17) is 4.98 Å². The molecule has 0 aliphatic heterocycles. The van der Waals surface area contributed by atoms with Gasteiger partial charge in [-0.15, -0.1) is 22.7 Å². The third kappa shape index (κ3) is 4.03. The molecule has 1 nitrogen and oxygen atoms in total. The topological polar surface area (TPSA) is 12.9 Å². The summed E-state index contributed by atoms with van der Waals surface area (Å²) in [6.45, 7) is 0. The molecule has 10 rings (SSSR count). The SMILES string of the molecule is c1ccc2cc3nc(-c4cc(-c5cccc6c5sc5ccccc56)cc(-c5cccc6c5sc5ccccc56)c4)ccc3cc2c1. The first-order chi connectivity index (χ1) is 22.8. The lowest BCUT2D eigenvalue weighted by Crippen LogP contribution is -1.90. The predicted octanol–water partition coefficient (Wildman–Crippen LogP) is 13.1. The minimum absolute atomic E-state index is 0.984. The van der Waals surface area contributed by atoms with Gasteiger partial charge in [0.25, 0.3) is 0 Å². The molecule has 7 aromatic carbocycles. The van der Waals surface area contributed by atoms with Gasteiger partial charge in [0.15, 0.2) is 0 Å². The van der Waals surface area contributed by atoms with Crippen LogP contribution in [0.3, 0.4) is 0 Å². The molecule has 0 atom stereocenters. The molecule has 3 aromatic heterocycles. The van der Waals surface area contributed by atoms with Crippen molar-refractivity contribution >= 4 is 84.7 Å². The van der Waals surface area contributed by atoms with Crippen LogP contribution in [0.15, 0.2) is 152 Å². The van der Waals surface area contributed by atoms with E-state index < -0.39 is 0 Å². The molecule has 0 N–H and O–H groups in total. The minimum Gasteiger partial charge on any atom is -0.248 e. The Labute approximate surface area is 273 Å².